The van der Waals surface area contributed by atoms with Crippen molar-refractivity contribution >= 4 is 5.91 Å². The molecule has 0 radical (unpaired) electrons. The summed E-state index contributed by atoms with van der Waals surface area (Å²) in [6, 6.07) is 0.234. The van der Waals surface area contributed by atoms with Crippen molar-refractivity contribution in [2.24, 2.45) is 0 Å². The highest BCUT2D eigenvalue weighted by Gasteiger charge is 2.24. The van der Waals surface area contributed by atoms with E-state index in [1.165, 1.54) is 6.33 Å². The maximum Gasteiger partial charge on any atom is 0.226 e. The van der Waals surface area contributed by atoms with E-state index in [-0.39, 0.29) is 11.9 Å². The molecule has 8 heteroatoms. The van der Waals surface area contributed by atoms with E-state index in [1.807, 2.05) is 16.5 Å². The summed E-state index contributed by atoms with van der Waals surface area (Å²) >= 11 is 0. The molecule has 124 valence electrons. The quantitative estimate of drug-likeness (QED) is 0.800. The normalized spacial score (nSPS) is 18.3. The van der Waals surface area contributed by atoms with Gasteiger partial charge in [0.2, 0.25) is 11.8 Å². The van der Waals surface area contributed by atoms with Gasteiger partial charge in [-0.25, -0.2) is 9.67 Å². The lowest BCUT2D eigenvalue weighted by Gasteiger charge is -2.32. The summed E-state index contributed by atoms with van der Waals surface area (Å²) in [6.45, 7) is 3.52. The predicted molar refractivity (Wildman–Crippen MR) is 81.5 cm³/mol. The molecule has 3 rings (SSSR count). The van der Waals surface area contributed by atoms with Crippen molar-refractivity contribution in [1.82, 2.24) is 29.8 Å². The molecule has 23 heavy (non-hydrogen) atoms. The molecule has 0 aliphatic carbocycles. The third kappa shape index (κ3) is 3.94. The molecule has 1 atom stereocenters. The Morgan fingerprint density at radius 3 is 3.13 bits per heavy atom. The summed E-state index contributed by atoms with van der Waals surface area (Å²) in [7, 11) is 0. The van der Waals surface area contributed by atoms with Crippen LogP contribution in [0.4, 0.5) is 0 Å². The van der Waals surface area contributed by atoms with Crippen LogP contribution in [0.2, 0.25) is 0 Å². The topological polar surface area (TPSA) is 89.9 Å². The zero-order valence-electron chi connectivity index (χ0n) is 13.4. The van der Waals surface area contributed by atoms with Crippen LogP contribution in [-0.4, -0.2) is 48.8 Å². The maximum atomic E-state index is 12.4. The van der Waals surface area contributed by atoms with Crippen LogP contribution in [0.15, 0.2) is 17.2 Å². The Labute approximate surface area is 134 Å². The van der Waals surface area contributed by atoms with E-state index in [1.54, 1.807) is 6.33 Å². The van der Waals surface area contributed by atoms with Crippen LogP contribution >= 0.6 is 0 Å². The van der Waals surface area contributed by atoms with Crippen molar-refractivity contribution in [1.29, 1.82) is 0 Å². The highest BCUT2D eigenvalue weighted by atomic mass is 16.5. The number of carbonyl (C=O) groups excluding carboxylic acids is 1. The molecule has 1 aliphatic rings. The van der Waals surface area contributed by atoms with Crippen molar-refractivity contribution < 1.29 is 9.32 Å². The molecular formula is C15H22N6O2. The zero-order chi connectivity index (χ0) is 16.1. The molecule has 0 aromatic carbocycles. The van der Waals surface area contributed by atoms with Gasteiger partial charge in [0.05, 0.1) is 6.04 Å². The number of piperidine rings is 1. The van der Waals surface area contributed by atoms with Crippen molar-refractivity contribution in [3.05, 3.63) is 24.4 Å². The van der Waals surface area contributed by atoms with E-state index >= 15 is 0 Å². The van der Waals surface area contributed by atoms with Gasteiger partial charge in [0.1, 0.15) is 12.7 Å². The SMILES string of the molecule is CCc1noc(CCCC(=O)N2CCC[C@H](n3cncn3)C2)n1. The van der Waals surface area contributed by atoms with Gasteiger partial charge in [0.25, 0.3) is 0 Å². The van der Waals surface area contributed by atoms with Crippen molar-refractivity contribution in [2.75, 3.05) is 13.1 Å². The van der Waals surface area contributed by atoms with Crippen LogP contribution < -0.4 is 0 Å². The van der Waals surface area contributed by atoms with Crippen LogP contribution in [0, 0.1) is 0 Å². The third-order valence-corrected chi connectivity index (χ3v) is 4.17. The highest BCUT2D eigenvalue weighted by Crippen LogP contribution is 2.21. The third-order valence-electron chi connectivity index (χ3n) is 4.17. The first-order valence-corrected chi connectivity index (χ1v) is 8.19. The van der Waals surface area contributed by atoms with Gasteiger partial charge in [0, 0.05) is 32.4 Å². The number of carbonyl (C=O) groups is 1. The zero-order valence-corrected chi connectivity index (χ0v) is 13.4. The highest BCUT2D eigenvalue weighted by molar-refractivity contribution is 5.76. The molecule has 0 spiro atoms. The number of hydrogen-bond acceptors (Lipinski definition) is 6. The summed E-state index contributed by atoms with van der Waals surface area (Å²) in [4.78, 5) is 22.6. The number of aromatic nitrogens is 5. The van der Waals surface area contributed by atoms with E-state index in [4.69, 9.17) is 4.52 Å². The first kappa shape index (κ1) is 15.6. The Morgan fingerprint density at radius 2 is 2.39 bits per heavy atom. The van der Waals surface area contributed by atoms with Crippen LogP contribution in [0.1, 0.15) is 50.4 Å². The lowest BCUT2D eigenvalue weighted by atomic mass is 10.1. The molecule has 1 fully saturated rings. The van der Waals surface area contributed by atoms with Crippen LogP contribution in [0.3, 0.4) is 0 Å². The lowest BCUT2D eigenvalue weighted by Crippen LogP contribution is -2.40. The lowest BCUT2D eigenvalue weighted by molar-refractivity contribution is -0.133. The second kappa shape index (κ2) is 7.34. The van der Waals surface area contributed by atoms with Gasteiger partial charge < -0.3 is 9.42 Å². The Hall–Kier alpha value is -2.25. The van der Waals surface area contributed by atoms with Crippen molar-refractivity contribution in [2.45, 2.75) is 51.5 Å². The molecule has 0 N–H and O–H groups in total. The summed E-state index contributed by atoms with van der Waals surface area (Å²) in [5.41, 5.74) is 0. The maximum absolute atomic E-state index is 12.4. The number of rotatable bonds is 6. The van der Waals surface area contributed by atoms with Gasteiger partial charge in [-0.1, -0.05) is 12.1 Å². The average molecular weight is 318 g/mol. The molecule has 2 aromatic rings. The number of aryl methyl sites for hydroxylation is 2. The van der Waals surface area contributed by atoms with Gasteiger partial charge in [0.15, 0.2) is 5.82 Å². The molecule has 1 saturated heterocycles. The summed E-state index contributed by atoms with van der Waals surface area (Å²) in [6.07, 6.45) is 7.95. The summed E-state index contributed by atoms with van der Waals surface area (Å²) in [5.74, 6) is 1.52. The van der Waals surface area contributed by atoms with E-state index in [0.717, 1.165) is 38.1 Å². The van der Waals surface area contributed by atoms with Gasteiger partial charge in [-0.3, -0.25) is 4.79 Å². The second-order valence-electron chi connectivity index (χ2n) is 5.82. The molecule has 1 amide bonds. The largest absolute Gasteiger partial charge is 0.341 e. The Balaban J connectivity index is 1.46. The molecule has 0 bridgehead atoms. The van der Waals surface area contributed by atoms with E-state index in [9.17, 15) is 4.79 Å². The van der Waals surface area contributed by atoms with E-state index < -0.39 is 0 Å². The number of nitrogens with zero attached hydrogens (tertiary/aromatic N) is 6. The first-order valence-electron chi connectivity index (χ1n) is 8.19. The van der Waals surface area contributed by atoms with Crippen LogP contribution in [0.5, 0.6) is 0 Å². The molecule has 0 saturated carbocycles. The predicted octanol–water partition coefficient (Wildman–Crippen LogP) is 1.41. The van der Waals surface area contributed by atoms with Gasteiger partial charge in [-0.2, -0.15) is 10.1 Å². The first-order chi connectivity index (χ1) is 11.3. The minimum atomic E-state index is 0.185. The van der Waals surface area contributed by atoms with Crippen LogP contribution in [-0.2, 0) is 17.6 Å². The Bertz CT molecular complexity index is 624. The van der Waals surface area contributed by atoms with Crippen LogP contribution in [0.25, 0.3) is 0 Å². The number of amides is 1. The van der Waals surface area contributed by atoms with E-state index in [2.05, 4.69) is 20.2 Å². The van der Waals surface area contributed by atoms with E-state index in [0.29, 0.717) is 25.3 Å². The fourth-order valence-electron chi connectivity index (χ4n) is 2.89. The summed E-state index contributed by atoms with van der Waals surface area (Å²) < 4.78 is 7.00. The average Bonchev–Trinajstić information content (AvgIpc) is 3.26. The van der Waals surface area contributed by atoms with Gasteiger partial charge in [-0.15, -0.1) is 0 Å². The molecular weight excluding hydrogens is 296 g/mol. The number of likely N-dealkylation sites (tertiary alicyclic amines) is 1. The molecule has 3 heterocycles. The van der Waals surface area contributed by atoms with Gasteiger partial charge >= 0.3 is 0 Å². The standard InChI is InChI=1S/C15H22N6O2/c1-2-13-18-14(23-19-13)6-3-7-15(22)20-8-4-5-12(9-20)21-11-16-10-17-21/h10-12H,2-9H2,1H3/t12-/m0/s1. The smallest absolute Gasteiger partial charge is 0.226 e. The monoisotopic (exact) mass is 318 g/mol. The minimum absolute atomic E-state index is 0.185. The molecule has 2 aromatic heterocycles. The molecule has 0 unspecified atom stereocenters. The minimum Gasteiger partial charge on any atom is -0.341 e. The molecule has 1 aliphatic heterocycles. The molecule has 8 nitrogen and oxygen atoms in total. The van der Waals surface area contributed by atoms with Crippen molar-refractivity contribution in [3.8, 4) is 0 Å². The fraction of sp³-hybridized carbons (Fsp3) is 0.667. The fourth-order valence-corrected chi connectivity index (χ4v) is 2.89. The number of hydrogen-bond donors (Lipinski definition) is 0. The Kier molecular flexibility index (Phi) is 4.99. The van der Waals surface area contributed by atoms with Crippen molar-refractivity contribution in [3.63, 3.8) is 0 Å². The van der Waals surface area contributed by atoms with Gasteiger partial charge in [-0.05, 0) is 19.3 Å². The Morgan fingerprint density at radius 1 is 1.48 bits per heavy atom. The summed E-state index contributed by atoms with van der Waals surface area (Å²) in [5, 5.41) is 8.05. The second-order valence-corrected chi connectivity index (χ2v) is 5.82.